The Morgan fingerprint density at radius 2 is 1.71 bits per heavy atom. The molecule has 2 heterocycles. The normalized spacial score (nSPS) is 14.9. The highest BCUT2D eigenvalue weighted by Crippen LogP contribution is 2.38. The fourth-order valence-corrected chi connectivity index (χ4v) is 6.66. The maximum absolute atomic E-state index is 14.4. The Bertz CT molecular complexity index is 2220. The van der Waals surface area contributed by atoms with Gasteiger partial charge in [-0.25, -0.2) is 9.79 Å². The van der Waals surface area contributed by atoms with Gasteiger partial charge in [0.25, 0.3) is 5.56 Å². The molecule has 5 aromatic rings. The predicted molar refractivity (Wildman–Crippen MR) is 178 cm³/mol. The van der Waals surface area contributed by atoms with Gasteiger partial charge < -0.3 is 14.2 Å². The van der Waals surface area contributed by atoms with Crippen LogP contribution in [0.4, 0.5) is 13.2 Å². The first-order valence-corrected chi connectivity index (χ1v) is 16.2. The molecule has 0 fully saturated rings. The number of allylic oxidation sites excluding steroid dienone is 1. The summed E-state index contributed by atoms with van der Waals surface area (Å²) in [4.78, 5) is 30.6. The third kappa shape index (κ3) is 6.61. The first kappa shape index (κ1) is 33.0. The molecule has 0 spiro atoms. The predicted octanol–water partition coefficient (Wildman–Crippen LogP) is 7.13. The number of alkyl halides is 3. The number of nitrogens with zero attached hydrogens (tertiary/aromatic N) is 2. The topological polar surface area (TPSA) is 79.1 Å². The molecule has 246 valence electrons. The zero-order valence-electron chi connectivity index (χ0n) is 25.7. The number of esters is 1. The molecule has 1 aliphatic heterocycles. The highest BCUT2D eigenvalue weighted by molar-refractivity contribution is 7.07. The van der Waals surface area contributed by atoms with E-state index in [1.165, 1.54) is 31.2 Å². The van der Waals surface area contributed by atoms with E-state index >= 15 is 0 Å². The van der Waals surface area contributed by atoms with Crippen LogP contribution in [0.5, 0.6) is 11.5 Å². The van der Waals surface area contributed by atoms with Crippen molar-refractivity contribution in [1.29, 1.82) is 0 Å². The van der Waals surface area contributed by atoms with Gasteiger partial charge in [-0.1, -0.05) is 83.6 Å². The smallest absolute Gasteiger partial charge is 0.434 e. The number of hydrogen-bond donors (Lipinski definition) is 0. The second-order valence-electron chi connectivity index (χ2n) is 10.7. The highest BCUT2D eigenvalue weighted by Gasteiger charge is 2.45. The molecule has 0 bridgehead atoms. The molecule has 7 nitrogen and oxygen atoms in total. The van der Waals surface area contributed by atoms with Crippen molar-refractivity contribution in [2.75, 3.05) is 13.2 Å². The van der Waals surface area contributed by atoms with E-state index in [1.54, 1.807) is 24.3 Å². The molecule has 12 heteroatoms. The van der Waals surface area contributed by atoms with Crippen LogP contribution in [0.1, 0.15) is 36.6 Å². The quantitative estimate of drug-likeness (QED) is 0.154. The maximum Gasteiger partial charge on any atom is 0.434 e. The lowest BCUT2D eigenvalue weighted by Crippen LogP contribution is -2.41. The third-order valence-electron chi connectivity index (χ3n) is 7.61. The van der Waals surface area contributed by atoms with Crippen LogP contribution in [-0.4, -0.2) is 29.9 Å². The number of fused-ring (bicyclic) bond motifs is 2. The second-order valence-corrected chi connectivity index (χ2v) is 12.1. The summed E-state index contributed by atoms with van der Waals surface area (Å²) in [5.74, 6) is -0.300. The summed E-state index contributed by atoms with van der Waals surface area (Å²) in [6.45, 7) is 3.77. The summed E-state index contributed by atoms with van der Waals surface area (Å²) in [5, 5.41) is 2.50. The molecule has 6 rings (SSSR count). The lowest BCUT2D eigenvalue weighted by molar-refractivity contribution is -0.140. The largest absolute Gasteiger partial charge is 0.490 e. The SMILES string of the molecule is CCOC(=O)C1=C(C(F)(F)F)N=c2s/c(=C\c3ccc(OCc4cccc5ccccc45)c(OCC)c3)c(=O)n2[C@H]1c1ccc(Cl)cc1. The van der Waals surface area contributed by atoms with Crippen molar-refractivity contribution in [3.05, 3.63) is 138 Å². The zero-order valence-corrected chi connectivity index (χ0v) is 27.3. The van der Waals surface area contributed by atoms with Crippen molar-refractivity contribution in [3.8, 4) is 11.5 Å². The summed E-state index contributed by atoms with van der Waals surface area (Å²) in [6.07, 6.45) is -3.46. The molecule has 1 aliphatic rings. The fraction of sp³-hybridized carbons (Fsp3) is 0.194. The Kier molecular flexibility index (Phi) is 9.43. The minimum atomic E-state index is -5.00. The van der Waals surface area contributed by atoms with Gasteiger partial charge in [0.2, 0.25) is 0 Å². The molecule has 0 saturated carbocycles. The Morgan fingerprint density at radius 1 is 0.958 bits per heavy atom. The van der Waals surface area contributed by atoms with E-state index in [2.05, 4.69) is 4.99 Å². The van der Waals surface area contributed by atoms with Crippen molar-refractivity contribution < 1.29 is 32.2 Å². The number of thiazole rings is 1. The van der Waals surface area contributed by atoms with E-state index in [-0.39, 0.29) is 28.1 Å². The number of carbonyl (C=O) groups is 1. The van der Waals surface area contributed by atoms with Gasteiger partial charge in [0, 0.05) is 5.02 Å². The van der Waals surface area contributed by atoms with Gasteiger partial charge in [0.1, 0.15) is 6.61 Å². The molecule has 1 aromatic heterocycles. The van der Waals surface area contributed by atoms with Crippen LogP contribution < -0.4 is 24.4 Å². The van der Waals surface area contributed by atoms with E-state index in [4.69, 9.17) is 25.8 Å². The summed E-state index contributed by atoms with van der Waals surface area (Å²) in [6, 6.07) is 23.6. The number of halogens is 4. The van der Waals surface area contributed by atoms with E-state index in [1.807, 2.05) is 49.4 Å². The second kappa shape index (κ2) is 13.7. The fourth-order valence-electron chi connectivity index (χ4n) is 5.53. The van der Waals surface area contributed by atoms with Gasteiger partial charge in [-0.05, 0) is 71.7 Å². The molecular weight excluding hydrogens is 665 g/mol. The molecule has 0 amide bonds. The molecule has 48 heavy (non-hydrogen) atoms. The summed E-state index contributed by atoms with van der Waals surface area (Å²) in [7, 11) is 0. The van der Waals surface area contributed by atoms with Crippen LogP contribution in [0.2, 0.25) is 5.02 Å². The standard InChI is InChI=1S/C36H28ClF3N2O5S/c1-3-45-28-18-21(12-17-27(28)47-20-24-10-7-9-22-8-5-6-11-26(22)24)19-29-33(43)42-31(23-13-15-25(37)16-14-23)30(34(44)46-4-2)32(36(38,39)40)41-35(42)48-29/h5-19,31H,3-4,20H2,1-2H3/b29-19-/t31-/m0/s1. The van der Waals surface area contributed by atoms with Gasteiger partial charge in [-0.2, -0.15) is 13.2 Å². The lowest BCUT2D eigenvalue weighted by atomic mass is 9.95. The van der Waals surface area contributed by atoms with Crippen LogP contribution in [0.3, 0.4) is 0 Å². The van der Waals surface area contributed by atoms with Gasteiger partial charge in [-0.15, -0.1) is 0 Å². The molecule has 4 aromatic carbocycles. The van der Waals surface area contributed by atoms with Gasteiger partial charge in [0.05, 0.1) is 29.4 Å². The molecule has 0 aliphatic carbocycles. The minimum Gasteiger partial charge on any atom is -0.490 e. The first-order valence-electron chi connectivity index (χ1n) is 15.0. The number of rotatable bonds is 9. The molecule has 0 radical (unpaired) electrons. The summed E-state index contributed by atoms with van der Waals surface area (Å²) >= 11 is 6.84. The van der Waals surface area contributed by atoms with Crippen LogP contribution in [0.15, 0.2) is 106 Å². The maximum atomic E-state index is 14.4. The van der Waals surface area contributed by atoms with E-state index < -0.39 is 35.0 Å². The molecule has 0 saturated heterocycles. The Morgan fingerprint density at radius 3 is 2.44 bits per heavy atom. The molecular formula is C36H28ClF3N2O5S. The van der Waals surface area contributed by atoms with Crippen LogP contribution in [0.25, 0.3) is 16.8 Å². The third-order valence-corrected chi connectivity index (χ3v) is 8.84. The van der Waals surface area contributed by atoms with Crippen LogP contribution in [-0.2, 0) is 16.1 Å². The molecule has 0 N–H and O–H groups in total. The number of carbonyl (C=O) groups excluding carboxylic acids is 1. The molecule has 0 unspecified atom stereocenters. The minimum absolute atomic E-state index is 0.103. The number of benzene rings is 4. The number of aromatic nitrogens is 1. The average Bonchev–Trinajstić information content (AvgIpc) is 3.38. The van der Waals surface area contributed by atoms with Crippen LogP contribution in [0, 0.1) is 0 Å². The van der Waals surface area contributed by atoms with Crippen molar-refractivity contribution in [2.45, 2.75) is 32.7 Å². The Balaban J connectivity index is 1.43. The highest BCUT2D eigenvalue weighted by atomic mass is 35.5. The summed E-state index contributed by atoms with van der Waals surface area (Å²) in [5.41, 5.74) is -1.05. The van der Waals surface area contributed by atoms with E-state index in [0.29, 0.717) is 28.7 Å². The van der Waals surface area contributed by atoms with Gasteiger partial charge in [-0.3, -0.25) is 9.36 Å². The van der Waals surface area contributed by atoms with Crippen molar-refractivity contribution >= 4 is 45.8 Å². The number of hydrogen-bond acceptors (Lipinski definition) is 7. The van der Waals surface area contributed by atoms with Gasteiger partial charge >= 0.3 is 12.1 Å². The monoisotopic (exact) mass is 692 g/mol. The van der Waals surface area contributed by atoms with E-state index in [0.717, 1.165) is 32.2 Å². The Hall–Kier alpha value is -4.87. The van der Waals surface area contributed by atoms with Crippen molar-refractivity contribution in [1.82, 2.24) is 4.57 Å². The first-order chi connectivity index (χ1) is 23.1. The van der Waals surface area contributed by atoms with E-state index in [9.17, 15) is 22.8 Å². The molecule has 1 atom stereocenters. The van der Waals surface area contributed by atoms with Crippen LogP contribution >= 0.6 is 22.9 Å². The van der Waals surface area contributed by atoms with Crippen molar-refractivity contribution in [3.63, 3.8) is 0 Å². The number of ether oxygens (including phenoxy) is 3. The summed E-state index contributed by atoms with van der Waals surface area (Å²) < 4.78 is 61.4. The zero-order chi connectivity index (χ0) is 34.0. The lowest BCUT2D eigenvalue weighted by Gasteiger charge is -2.26. The van der Waals surface area contributed by atoms with Crippen molar-refractivity contribution in [2.24, 2.45) is 4.99 Å². The average molecular weight is 693 g/mol. The Labute approximate surface area is 281 Å². The van der Waals surface area contributed by atoms with Gasteiger partial charge in [0.15, 0.2) is 22.0 Å².